The molecule has 0 amide bonds. The van der Waals surface area contributed by atoms with Crippen molar-refractivity contribution < 1.29 is 4.39 Å². The molecule has 0 saturated heterocycles. The molecular formula is C14H17ClFN5. The van der Waals surface area contributed by atoms with Gasteiger partial charge in [0.05, 0.1) is 6.67 Å². The van der Waals surface area contributed by atoms with E-state index in [1.165, 1.54) is 5.56 Å². The van der Waals surface area contributed by atoms with Crippen LogP contribution in [-0.4, -0.2) is 40.2 Å². The maximum atomic E-state index is 12.4. The van der Waals surface area contributed by atoms with Gasteiger partial charge in [-0.2, -0.15) is 9.97 Å². The third-order valence-corrected chi connectivity index (χ3v) is 3.18. The van der Waals surface area contributed by atoms with Gasteiger partial charge in [0.25, 0.3) is 0 Å². The number of alkyl halides is 1. The topological polar surface area (TPSA) is 54.8 Å². The molecule has 112 valence electrons. The third kappa shape index (κ3) is 4.90. The van der Waals surface area contributed by atoms with Crippen LogP contribution in [0.15, 0.2) is 24.5 Å². The third-order valence-electron chi connectivity index (χ3n) is 3.01. The summed E-state index contributed by atoms with van der Waals surface area (Å²) in [5.74, 6) is 0.863. The highest BCUT2D eigenvalue weighted by molar-refractivity contribution is 6.28. The van der Waals surface area contributed by atoms with E-state index < -0.39 is 6.67 Å². The first kappa shape index (κ1) is 15.6. The minimum absolute atomic E-state index is 0.101. The van der Waals surface area contributed by atoms with Crippen LogP contribution < -0.4 is 4.90 Å². The van der Waals surface area contributed by atoms with Crippen molar-refractivity contribution >= 4 is 17.5 Å². The number of nitrogens with zero attached hydrogens (tertiary/aromatic N) is 5. The predicted octanol–water partition coefficient (Wildman–Crippen LogP) is 2.50. The number of aryl methyl sites for hydroxylation is 2. The van der Waals surface area contributed by atoms with Crippen LogP contribution in [0.4, 0.5) is 10.3 Å². The van der Waals surface area contributed by atoms with E-state index in [1.807, 2.05) is 24.1 Å². The van der Waals surface area contributed by atoms with E-state index in [0.29, 0.717) is 11.8 Å². The molecule has 0 atom stereocenters. The van der Waals surface area contributed by atoms with Gasteiger partial charge in [-0.1, -0.05) is 0 Å². The van der Waals surface area contributed by atoms with Gasteiger partial charge in [-0.15, -0.1) is 0 Å². The Morgan fingerprint density at radius 3 is 2.62 bits per heavy atom. The number of hydrogen-bond donors (Lipinski definition) is 0. The summed E-state index contributed by atoms with van der Waals surface area (Å²) in [6, 6.07) is 4.00. The molecule has 2 heterocycles. The van der Waals surface area contributed by atoms with Crippen molar-refractivity contribution in [3.8, 4) is 0 Å². The fourth-order valence-electron chi connectivity index (χ4n) is 1.92. The largest absolute Gasteiger partial charge is 0.344 e. The van der Waals surface area contributed by atoms with Crippen molar-refractivity contribution in [1.82, 2.24) is 19.9 Å². The second-order valence-corrected chi connectivity index (χ2v) is 4.98. The summed E-state index contributed by atoms with van der Waals surface area (Å²) < 4.78 is 12.4. The second kappa shape index (κ2) is 7.83. The van der Waals surface area contributed by atoms with Crippen LogP contribution in [0, 0.1) is 0 Å². The summed E-state index contributed by atoms with van der Waals surface area (Å²) >= 11 is 5.84. The molecular weight excluding hydrogens is 293 g/mol. The molecule has 0 bridgehead atoms. The van der Waals surface area contributed by atoms with E-state index in [0.717, 1.165) is 19.4 Å². The Kier molecular flexibility index (Phi) is 5.80. The summed E-state index contributed by atoms with van der Waals surface area (Å²) in [6.07, 6.45) is 5.62. The van der Waals surface area contributed by atoms with Gasteiger partial charge in [0.1, 0.15) is 5.82 Å². The molecule has 0 saturated carbocycles. The minimum atomic E-state index is -0.508. The van der Waals surface area contributed by atoms with E-state index in [4.69, 9.17) is 11.6 Å². The molecule has 0 fully saturated rings. The van der Waals surface area contributed by atoms with Crippen LogP contribution in [0.25, 0.3) is 0 Å². The number of aromatic nitrogens is 4. The molecule has 21 heavy (non-hydrogen) atoms. The average Bonchev–Trinajstić information content (AvgIpc) is 2.48. The van der Waals surface area contributed by atoms with Gasteiger partial charge >= 0.3 is 0 Å². The van der Waals surface area contributed by atoms with Gasteiger partial charge in [0, 0.05) is 32.4 Å². The quantitative estimate of drug-likeness (QED) is 0.786. The van der Waals surface area contributed by atoms with Crippen molar-refractivity contribution in [3.63, 3.8) is 0 Å². The normalized spacial score (nSPS) is 10.6. The SMILES string of the molecule is CN(CCCc1ccncc1)c1nc(Cl)nc(CCF)n1. The molecule has 7 heteroatoms. The van der Waals surface area contributed by atoms with Gasteiger partial charge < -0.3 is 4.90 Å². The van der Waals surface area contributed by atoms with E-state index in [2.05, 4.69) is 19.9 Å². The lowest BCUT2D eigenvalue weighted by atomic mass is 10.1. The number of rotatable bonds is 7. The highest BCUT2D eigenvalue weighted by Gasteiger charge is 2.09. The predicted molar refractivity (Wildman–Crippen MR) is 80.3 cm³/mol. The zero-order valence-electron chi connectivity index (χ0n) is 11.8. The summed E-state index contributed by atoms with van der Waals surface area (Å²) in [6.45, 7) is 0.267. The summed E-state index contributed by atoms with van der Waals surface area (Å²) in [7, 11) is 1.89. The van der Waals surface area contributed by atoms with E-state index in [9.17, 15) is 4.39 Å². The molecule has 0 unspecified atom stereocenters. The standard InChI is InChI=1S/C14H17ClFN5/c1-21(10-2-3-11-5-8-17-9-6-11)14-19-12(4-7-16)18-13(15)20-14/h5-6,8-9H,2-4,7,10H2,1H3. The number of pyridine rings is 1. The first-order valence-corrected chi connectivity index (χ1v) is 7.13. The lowest BCUT2D eigenvalue weighted by Crippen LogP contribution is -2.22. The first-order valence-electron chi connectivity index (χ1n) is 6.75. The molecule has 2 aromatic rings. The minimum Gasteiger partial charge on any atom is -0.344 e. The fourth-order valence-corrected chi connectivity index (χ4v) is 2.09. The highest BCUT2D eigenvalue weighted by atomic mass is 35.5. The van der Waals surface area contributed by atoms with Crippen LogP contribution >= 0.6 is 11.6 Å². The van der Waals surface area contributed by atoms with Crippen LogP contribution in [0.2, 0.25) is 5.28 Å². The van der Waals surface area contributed by atoms with Gasteiger partial charge in [0.15, 0.2) is 0 Å². The number of hydrogen-bond acceptors (Lipinski definition) is 5. The second-order valence-electron chi connectivity index (χ2n) is 4.64. The lowest BCUT2D eigenvalue weighted by Gasteiger charge is -2.17. The van der Waals surface area contributed by atoms with Crippen molar-refractivity contribution in [1.29, 1.82) is 0 Å². The van der Waals surface area contributed by atoms with Gasteiger partial charge in [-0.25, -0.2) is 4.98 Å². The van der Waals surface area contributed by atoms with Gasteiger partial charge in [-0.3, -0.25) is 9.37 Å². The summed E-state index contributed by atoms with van der Waals surface area (Å²) in [5.41, 5.74) is 1.24. The Bertz CT molecular complexity index is 567. The van der Waals surface area contributed by atoms with E-state index in [1.54, 1.807) is 12.4 Å². The fraction of sp³-hybridized carbons (Fsp3) is 0.429. The zero-order chi connectivity index (χ0) is 15.1. The Morgan fingerprint density at radius 2 is 1.90 bits per heavy atom. The Labute approximate surface area is 128 Å². The molecule has 2 rings (SSSR count). The number of anilines is 1. The zero-order valence-corrected chi connectivity index (χ0v) is 12.6. The summed E-state index contributed by atoms with van der Waals surface area (Å²) in [4.78, 5) is 18.1. The van der Waals surface area contributed by atoms with E-state index in [-0.39, 0.29) is 11.7 Å². The highest BCUT2D eigenvalue weighted by Crippen LogP contribution is 2.11. The molecule has 0 aliphatic heterocycles. The van der Waals surface area contributed by atoms with Crippen LogP contribution in [-0.2, 0) is 12.8 Å². The molecule has 5 nitrogen and oxygen atoms in total. The van der Waals surface area contributed by atoms with Gasteiger partial charge in [-0.05, 0) is 42.1 Å². The Morgan fingerprint density at radius 1 is 1.14 bits per heavy atom. The molecule has 0 aliphatic carbocycles. The van der Waals surface area contributed by atoms with Crippen molar-refractivity contribution in [3.05, 3.63) is 41.2 Å². The lowest BCUT2D eigenvalue weighted by molar-refractivity contribution is 0.487. The van der Waals surface area contributed by atoms with Gasteiger partial charge in [0.2, 0.25) is 11.2 Å². The Hall–Kier alpha value is -1.82. The molecule has 0 spiro atoms. The Balaban J connectivity index is 1.92. The monoisotopic (exact) mass is 309 g/mol. The van der Waals surface area contributed by atoms with E-state index >= 15 is 0 Å². The van der Waals surface area contributed by atoms with Crippen LogP contribution in [0.5, 0.6) is 0 Å². The maximum absolute atomic E-state index is 12.4. The molecule has 0 aliphatic rings. The van der Waals surface area contributed by atoms with Crippen LogP contribution in [0.1, 0.15) is 17.8 Å². The molecule has 0 N–H and O–H groups in total. The van der Waals surface area contributed by atoms with Crippen molar-refractivity contribution in [2.75, 3.05) is 25.2 Å². The molecule has 2 aromatic heterocycles. The number of halogens is 2. The average molecular weight is 310 g/mol. The maximum Gasteiger partial charge on any atom is 0.229 e. The molecule has 0 radical (unpaired) electrons. The van der Waals surface area contributed by atoms with Crippen molar-refractivity contribution in [2.45, 2.75) is 19.3 Å². The van der Waals surface area contributed by atoms with Crippen LogP contribution in [0.3, 0.4) is 0 Å². The van der Waals surface area contributed by atoms with Crippen molar-refractivity contribution in [2.24, 2.45) is 0 Å². The smallest absolute Gasteiger partial charge is 0.229 e. The molecule has 0 aromatic carbocycles. The summed E-state index contributed by atoms with van der Waals surface area (Å²) in [5, 5.41) is 0.101. The first-order chi connectivity index (χ1) is 10.2.